The molecule has 0 spiro atoms. The van der Waals surface area contributed by atoms with Gasteiger partial charge in [-0.1, -0.05) is 15.9 Å². The SMILES string of the molecule is O=C(C=CNc1ccc2[nH]ncc2c1)c1ccc(Br)cc1. The van der Waals surface area contributed by atoms with Crippen molar-refractivity contribution in [2.24, 2.45) is 0 Å². The summed E-state index contributed by atoms with van der Waals surface area (Å²) < 4.78 is 0.953. The molecule has 0 aliphatic heterocycles. The minimum atomic E-state index is -0.0422. The van der Waals surface area contributed by atoms with Gasteiger partial charge in [-0.25, -0.2) is 0 Å². The molecule has 1 heterocycles. The molecule has 0 radical (unpaired) electrons. The number of H-pyrrole nitrogens is 1. The number of hydrogen-bond acceptors (Lipinski definition) is 3. The van der Waals surface area contributed by atoms with Crippen molar-refractivity contribution >= 4 is 38.3 Å². The summed E-state index contributed by atoms with van der Waals surface area (Å²) in [5.74, 6) is -0.0422. The Bertz CT molecular complexity index is 806. The van der Waals surface area contributed by atoms with Gasteiger partial charge < -0.3 is 5.32 Å². The zero-order valence-corrected chi connectivity index (χ0v) is 12.6. The molecule has 2 N–H and O–H groups in total. The van der Waals surface area contributed by atoms with Crippen molar-refractivity contribution in [3.63, 3.8) is 0 Å². The number of allylic oxidation sites excluding steroid dienone is 1. The predicted molar refractivity (Wildman–Crippen MR) is 87.3 cm³/mol. The molecular weight excluding hydrogens is 330 g/mol. The molecule has 1 aromatic heterocycles. The van der Waals surface area contributed by atoms with Crippen molar-refractivity contribution in [3.8, 4) is 0 Å². The van der Waals surface area contributed by atoms with Crippen molar-refractivity contribution in [2.75, 3.05) is 5.32 Å². The van der Waals surface area contributed by atoms with Crippen molar-refractivity contribution < 1.29 is 4.79 Å². The number of ketones is 1. The van der Waals surface area contributed by atoms with Crippen molar-refractivity contribution in [1.29, 1.82) is 0 Å². The highest BCUT2D eigenvalue weighted by Gasteiger charge is 2.01. The van der Waals surface area contributed by atoms with Gasteiger partial charge in [0.2, 0.25) is 0 Å². The first-order chi connectivity index (χ1) is 10.2. The number of carbonyl (C=O) groups is 1. The van der Waals surface area contributed by atoms with Gasteiger partial charge in [-0.05, 0) is 42.5 Å². The average molecular weight is 342 g/mol. The molecular formula is C16H12BrN3O. The van der Waals surface area contributed by atoms with E-state index in [0.29, 0.717) is 5.56 Å². The molecule has 0 fully saturated rings. The molecule has 0 aliphatic rings. The number of aromatic nitrogens is 2. The Balaban J connectivity index is 1.68. The molecule has 0 saturated heterocycles. The fourth-order valence-corrected chi connectivity index (χ4v) is 2.22. The molecule has 104 valence electrons. The number of fused-ring (bicyclic) bond motifs is 1. The van der Waals surface area contributed by atoms with Gasteiger partial charge in [0.05, 0.1) is 11.7 Å². The van der Waals surface area contributed by atoms with E-state index >= 15 is 0 Å². The van der Waals surface area contributed by atoms with E-state index in [0.717, 1.165) is 21.1 Å². The molecule has 0 aliphatic carbocycles. The summed E-state index contributed by atoms with van der Waals surface area (Å²) in [5, 5.41) is 11.0. The summed E-state index contributed by atoms with van der Waals surface area (Å²) in [6.07, 6.45) is 4.92. The Hall–Kier alpha value is -2.40. The molecule has 2 aromatic carbocycles. The van der Waals surface area contributed by atoms with Crippen LogP contribution >= 0.6 is 15.9 Å². The van der Waals surface area contributed by atoms with Crippen LogP contribution in [0.5, 0.6) is 0 Å². The van der Waals surface area contributed by atoms with Crippen LogP contribution in [0, 0.1) is 0 Å². The maximum atomic E-state index is 12.0. The average Bonchev–Trinajstić information content (AvgIpc) is 2.95. The molecule has 0 bridgehead atoms. The zero-order chi connectivity index (χ0) is 14.7. The number of aromatic amines is 1. The van der Waals surface area contributed by atoms with E-state index < -0.39 is 0 Å². The van der Waals surface area contributed by atoms with Gasteiger partial charge in [-0.3, -0.25) is 9.89 Å². The van der Waals surface area contributed by atoms with Gasteiger partial charge in [0, 0.05) is 33.4 Å². The van der Waals surface area contributed by atoms with Crippen LogP contribution in [-0.4, -0.2) is 16.0 Å². The molecule has 21 heavy (non-hydrogen) atoms. The number of nitrogens with one attached hydrogen (secondary N) is 2. The summed E-state index contributed by atoms with van der Waals surface area (Å²) in [6.45, 7) is 0. The summed E-state index contributed by atoms with van der Waals surface area (Å²) >= 11 is 3.34. The summed E-state index contributed by atoms with van der Waals surface area (Å²) in [7, 11) is 0. The second-order valence-electron chi connectivity index (χ2n) is 4.52. The van der Waals surface area contributed by atoms with Gasteiger partial charge in [-0.2, -0.15) is 5.10 Å². The van der Waals surface area contributed by atoms with Gasteiger partial charge in [0.1, 0.15) is 0 Å². The third-order valence-electron chi connectivity index (χ3n) is 3.05. The highest BCUT2D eigenvalue weighted by atomic mass is 79.9. The van der Waals surface area contributed by atoms with E-state index in [2.05, 4.69) is 31.4 Å². The van der Waals surface area contributed by atoms with Crippen molar-refractivity contribution in [3.05, 3.63) is 71.0 Å². The first kappa shape index (κ1) is 13.6. The maximum Gasteiger partial charge on any atom is 0.187 e. The Labute approximate surface area is 130 Å². The molecule has 5 heteroatoms. The summed E-state index contributed by atoms with van der Waals surface area (Å²) in [4.78, 5) is 12.0. The van der Waals surface area contributed by atoms with Crippen LogP contribution in [-0.2, 0) is 0 Å². The second-order valence-corrected chi connectivity index (χ2v) is 5.44. The van der Waals surface area contributed by atoms with Crippen molar-refractivity contribution in [2.45, 2.75) is 0 Å². The van der Waals surface area contributed by atoms with Crippen LogP contribution in [0.3, 0.4) is 0 Å². The van der Waals surface area contributed by atoms with E-state index in [9.17, 15) is 4.79 Å². The lowest BCUT2D eigenvalue weighted by molar-refractivity contribution is 0.104. The molecule has 0 amide bonds. The summed E-state index contributed by atoms with van der Waals surface area (Å²) in [5.41, 5.74) is 2.54. The van der Waals surface area contributed by atoms with E-state index in [1.165, 1.54) is 6.08 Å². The lowest BCUT2D eigenvalue weighted by Crippen LogP contribution is -1.95. The Morgan fingerprint density at radius 1 is 1.19 bits per heavy atom. The molecule has 3 aromatic rings. The Kier molecular flexibility index (Phi) is 3.83. The first-order valence-electron chi connectivity index (χ1n) is 6.38. The number of rotatable bonds is 4. The highest BCUT2D eigenvalue weighted by molar-refractivity contribution is 9.10. The van der Waals surface area contributed by atoms with E-state index in [1.54, 1.807) is 24.5 Å². The Morgan fingerprint density at radius 2 is 2.00 bits per heavy atom. The van der Waals surface area contributed by atoms with E-state index in [1.807, 2.05) is 30.3 Å². The van der Waals surface area contributed by atoms with E-state index in [-0.39, 0.29) is 5.78 Å². The summed E-state index contributed by atoms with van der Waals surface area (Å²) in [6, 6.07) is 13.1. The molecule has 0 unspecified atom stereocenters. The van der Waals surface area contributed by atoms with Gasteiger partial charge >= 0.3 is 0 Å². The maximum absolute atomic E-state index is 12.0. The number of nitrogens with zero attached hydrogens (tertiary/aromatic N) is 1. The van der Waals surface area contributed by atoms with Crippen LogP contribution < -0.4 is 5.32 Å². The van der Waals surface area contributed by atoms with Crippen LogP contribution in [0.15, 0.2) is 65.4 Å². The minimum absolute atomic E-state index is 0.0422. The third-order valence-corrected chi connectivity index (χ3v) is 3.58. The molecule has 4 nitrogen and oxygen atoms in total. The zero-order valence-electron chi connectivity index (χ0n) is 11.0. The van der Waals surface area contributed by atoms with Crippen LogP contribution in [0.4, 0.5) is 5.69 Å². The standard InChI is InChI=1S/C16H12BrN3O/c17-13-3-1-11(2-4-13)16(21)7-8-18-14-5-6-15-12(9-14)10-19-20-15/h1-10,18H,(H,19,20). The van der Waals surface area contributed by atoms with Crippen LogP contribution in [0.1, 0.15) is 10.4 Å². The molecule has 3 rings (SSSR count). The number of halogens is 1. The number of anilines is 1. The minimum Gasteiger partial charge on any atom is -0.362 e. The first-order valence-corrected chi connectivity index (χ1v) is 7.18. The van der Waals surface area contributed by atoms with Gasteiger partial charge in [-0.15, -0.1) is 0 Å². The smallest absolute Gasteiger partial charge is 0.187 e. The fraction of sp³-hybridized carbons (Fsp3) is 0. The molecule has 0 atom stereocenters. The fourth-order valence-electron chi connectivity index (χ4n) is 1.96. The normalized spacial score (nSPS) is 11.1. The largest absolute Gasteiger partial charge is 0.362 e. The van der Waals surface area contributed by atoms with Crippen molar-refractivity contribution in [1.82, 2.24) is 10.2 Å². The topological polar surface area (TPSA) is 57.8 Å². The number of benzene rings is 2. The quantitative estimate of drug-likeness (QED) is 0.554. The lowest BCUT2D eigenvalue weighted by atomic mass is 10.1. The lowest BCUT2D eigenvalue weighted by Gasteiger charge is -2.00. The second kappa shape index (κ2) is 5.93. The van der Waals surface area contributed by atoms with Crippen LogP contribution in [0.25, 0.3) is 10.9 Å². The predicted octanol–water partition coefficient (Wildman–Crippen LogP) is 4.13. The highest BCUT2D eigenvalue weighted by Crippen LogP contribution is 2.16. The Morgan fingerprint density at radius 3 is 2.81 bits per heavy atom. The number of hydrogen-bond donors (Lipinski definition) is 2. The number of carbonyl (C=O) groups excluding carboxylic acids is 1. The van der Waals surface area contributed by atoms with E-state index in [4.69, 9.17) is 0 Å². The monoisotopic (exact) mass is 341 g/mol. The third kappa shape index (κ3) is 3.20. The molecule has 0 saturated carbocycles. The van der Waals surface area contributed by atoms with Gasteiger partial charge in [0.25, 0.3) is 0 Å². The van der Waals surface area contributed by atoms with Crippen LogP contribution in [0.2, 0.25) is 0 Å². The van der Waals surface area contributed by atoms with Gasteiger partial charge in [0.15, 0.2) is 5.78 Å².